The predicted octanol–water partition coefficient (Wildman–Crippen LogP) is 3.92. The van der Waals surface area contributed by atoms with E-state index in [1.165, 1.54) is 0 Å². The molecule has 0 aromatic heterocycles. The topological polar surface area (TPSA) is 105 Å². The van der Waals surface area contributed by atoms with Gasteiger partial charge in [0, 0.05) is 12.5 Å². The maximum Gasteiger partial charge on any atom is 0.407 e. The smallest absolute Gasteiger partial charge is 0.407 e. The molecule has 1 saturated carbocycles. The van der Waals surface area contributed by atoms with Crippen LogP contribution in [0, 0.1) is 11.8 Å². The lowest BCUT2D eigenvalue weighted by Gasteiger charge is -2.17. The van der Waals surface area contributed by atoms with Crippen LogP contribution in [0.25, 0.3) is 11.1 Å². The summed E-state index contributed by atoms with van der Waals surface area (Å²) in [6.45, 7) is -0.0204. The number of ether oxygens (including phenoxy) is 1. The zero-order chi connectivity index (χ0) is 23.2. The van der Waals surface area contributed by atoms with Gasteiger partial charge in [-0.05, 0) is 34.6 Å². The summed E-state index contributed by atoms with van der Waals surface area (Å²) in [6, 6.07) is 16.1. The van der Waals surface area contributed by atoms with E-state index in [1.807, 2.05) is 36.4 Å². The lowest BCUT2D eigenvalue weighted by molar-refractivity contribution is -0.142. The number of fused-ring (bicyclic) bond motifs is 3. The van der Waals surface area contributed by atoms with Gasteiger partial charge in [0.1, 0.15) is 6.61 Å². The minimum atomic E-state index is -0.897. The summed E-state index contributed by atoms with van der Waals surface area (Å²) in [6.07, 6.45) is 4.31. The van der Waals surface area contributed by atoms with Crippen molar-refractivity contribution in [2.75, 3.05) is 19.7 Å². The van der Waals surface area contributed by atoms with E-state index in [-0.39, 0.29) is 25.6 Å². The molecule has 7 heteroatoms. The van der Waals surface area contributed by atoms with Crippen molar-refractivity contribution in [3.8, 4) is 11.1 Å². The summed E-state index contributed by atoms with van der Waals surface area (Å²) < 4.78 is 5.42. The van der Waals surface area contributed by atoms with Gasteiger partial charge in [-0.2, -0.15) is 0 Å². The quantitative estimate of drug-likeness (QED) is 0.537. The molecule has 0 spiro atoms. The number of benzene rings is 2. The number of aliphatic carboxylic acids is 1. The van der Waals surface area contributed by atoms with Gasteiger partial charge in [0.2, 0.25) is 5.91 Å². The normalized spacial score (nSPS) is 16.0. The molecule has 1 unspecified atom stereocenters. The van der Waals surface area contributed by atoms with Crippen molar-refractivity contribution in [1.29, 1.82) is 0 Å². The van der Waals surface area contributed by atoms with Crippen molar-refractivity contribution in [2.24, 2.45) is 11.8 Å². The summed E-state index contributed by atoms with van der Waals surface area (Å²) in [7, 11) is 0. The second-order valence-corrected chi connectivity index (χ2v) is 8.90. The van der Waals surface area contributed by atoms with Crippen molar-refractivity contribution in [2.45, 2.75) is 38.0 Å². The van der Waals surface area contributed by atoms with Crippen LogP contribution in [0.1, 0.15) is 49.1 Å². The number of carboxylic acid groups (broad SMARTS) is 1. The van der Waals surface area contributed by atoms with Crippen LogP contribution < -0.4 is 10.6 Å². The molecule has 7 nitrogen and oxygen atoms in total. The van der Waals surface area contributed by atoms with E-state index in [0.29, 0.717) is 12.3 Å². The molecule has 3 N–H and O–H groups in total. The Morgan fingerprint density at radius 1 is 0.939 bits per heavy atom. The van der Waals surface area contributed by atoms with Gasteiger partial charge >= 0.3 is 12.1 Å². The number of amides is 2. The van der Waals surface area contributed by atoms with Crippen LogP contribution in [0.4, 0.5) is 4.79 Å². The number of carboxylic acids is 1. The van der Waals surface area contributed by atoms with Gasteiger partial charge in [0.05, 0.1) is 12.5 Å². The summed E-state index contributed by atoms with van der Waals surface area (Å²) in [5.41, 5.74) is 4.52. The molecule has 0 aliphatic heterocycles. The van der Waals surface area contributed by atoms with Crippen LogP contribution in [0.15, 0.2) is 48.5 Å². The molecule has 0 heterocycles. The van der Waals surface area contributed by atoms with Crippen molar-refractivity contribution in [3.63, 3.8) is 0 Å². The van der Waals surface area contributed by atoms with Crippen molar-refractivity contribution >= 4 is 18.0 Å². The monoisotopic (exact) mass is 450 g/mol. The Balaban J connectivity index is 1.23. The molecule has 33 heavy (non-hydrogen) atoms. The van der Waals surface area contributed by atoms with E-state index in [2.05, 4.69) is 22.8 Å². The van der Waals surface area contributed by atoms with Gasteiger partial charge < -0.3 is 20.5 Å². The first-order chi connectivity index (χ1) is 16.0. The molecule has 0 bridgehead atoms. The highest BCUT2D eigenvalue weighted by Crippen LogP contribution is 2.44. The van der Waals surface area contributed by atoms with Crippen molar-refractivity contribution < 1.29 is 24.2 Å². The number of alkyl carbamates (subject to hydrolysis) is 1. The maximum absolute atomic E-state index is 12.2. The Kier molecular flexibility index (Phi) is 7.27. The Labute approximate surface area is 193 Å². The summed E-state index contributed by atoms with van der Waals surface area (Å²) in [5.74, 6) is -1.56. The molecule has 2 aromatic rings. The molecular weight excluding hydrogens is 420 g/mol. The number of carbonyl (C=O) groups is 3. The van der Waals surface area contributed by atoms with Gasteiger partial charge in [0.25, 0.3) is 0 Å². The van der Waals surface area contributed by atoms with Crippen LogP contribution in [-0.2, 0) is 14.3 Å². The number of rotatable bonds is 9. The largest absolute Gasteiger partial charge is 0.481 e. The SMILES string of the molecule is O=C(CNC(=O)OCC1c2ccccc2-c2ccccc21)NCC(CC1CCCC1)C(=O)O. The lowest BCUT2D eigenvalue weighted by Crippen LogP contribution is -2.40. The van der Waals surface area contributed by atoms with Crippen LogP contribution in [0.5, 0.6) is 0 Å². The van der Waals surface area contributed by atoms with Gasteiger partial charge in [-0.3, -0.25) is 9.59 Å². The van der Waals surface area contributed by atoms with Crippen LogP contribution in [0.3, 0.4) is 0 Å². The lowest BCUT2D eigenvalue weighted by atomic mass is 9.93. The molecule has 1 atom stereocenters. The third kappa shape index (κ3) is 5.53. The molecule has 2 amide bonds. The highest BCUT2D eigenvalue weighted by molar-refractivity contribution is 5.83. The molecule has 1 fully saturated rings. The zero-order valence-corrected chi connectivity index (χ0v) is 18.6. The van der Waals surface area contributed by atoms with Crippen LogP contribution >= 0.6 is 0 Å². The molecule has 174 valence electrons. The van der Waals surface area contributed by atoms with E-state index < -0.39 is 23.9 Å². The van der Waals surface area contributed by atoms with Gasteiger partial charge in [-0.15, -0.1) is 0 Å². The fourth-order valence-electron chi connectivity index (χ4n) is 5.02. The van der Waals surface area contributed by atoms with E-state index in [0.717, 1.165) is 47.9 Å². The minimum Gasteiger partial charge on any atom is -0.481 e. The molecule has 0 radical (unpaired) electrons. The first-order valence-corrected chi connectivity index (χ1v) is 11.6. The summed E-state index contributed by atoms with van der Waals surface area (Å²) >= 11 is 0. The van der Waals surface area contributed by atoms with E-state index in [9.17, 15) is 19.5 Å². The molecular formula is C26H30N2O5. The summed E-state index contributed by atoms with van der Waals surface area (Å²) in [4.78, 5) is 35.8. The molecule has 2 aliphatic carbocycles. The Morgan fingerprint density at radius 2 is 1.55 bits per heavy atom. The molecule has 2 aliphatic rings. The first-order valence-electron chi connectivity index (χ1n) is 11.6. The first kappa shape index (κ1) is 22.8. The fourth-order valence-corrected chi connectivity index (χ4v) is 5.02. The third-order valence-corrected chi connectivity index (χ3v) is 6.72. The number of hydrogen-bond acceptors (Lipinski definition) is 4. The number of nitrogens with one attached hydrogen (secondary N) is 2. The summed E-state index contributed by atoms with van der Waals surface area (Å²) in [5, 5.41) is 14.5. The predicted molar refractivity (Wildman–Crippen MR) is 124 cm³/mol. The van der Waals surface area contributed by atoms with E-state index >= 15 is 0 Å². The average molecular weight is 451 g/mol. The maximum atomic E-state index is 12.2. The van der Waals surface area contributed by atoms with Crippen LogP contribution in [-0.4, -0.2) is 42.8 Å². The second kappa shape index (κ2) is 10.5. The fraction of sp³-hybridized carbons (Fsp3) is 0.423. The average Bonchev–Trinajstić information content (AvgIpc) is 3.45. The van der Waals surface area contributed by atoms with E-state index in [1.54, 1.807) is 0 Å². The Bertz CT molecular complexity index is 970. The Hall–Kier alpha value is -3.35. The highest BCUT2D eigenvalue weighted by Gasteiger charge is 2.29. The molecule has 4 rings (SSSR count). The van der Waals surface area contributed by atoms with Crippen LogP contribution in [0.2, 0.25) is 0 Å². The number of carbonyl (C=O) groups excluding carboxylic acids is 2. The zero-order valence-electron chi connectivity index (χ0n) is 18.6. The van der Waals surface area contributed by atoms with Crippen molar-refractivity contribution in [3.05, 3.63) is 59.7 Å². The van der Waals surface area contributed by atoms with Gasteiger partial charge in [0.15, 0.2) is 0 Å². The van der Waals surface area contributed by atoms with Gasteiger partial charge in [-0.25, -0.2) is 4.79 Å². The third-order valence-electron chi connectivity index (χ3n) is 6.72. The highest BCUT2D eigenvalue weighted by atomic mass is 16.5. The molecule has 2 aromatic carbocycles. The second-order valence-electron chi connectivity index (χ2n) is 8.90. The van der Waals surface area contributed by atoms with Gasteiger partial charge in [-0.1, -0.05) is 74.2 Å². The van der Waals surface area contributed by atoms with E-state index in [4.69, 9.17) is 4.74 Å². The Morgan fingerprint density at radius 3 is 2.15 bits per heavy atom. The van der Waals surface area contributed by atoms with Crippen molar-refractivity contribution in [1.82, 2.24) is 10.6 Å². The molecule has 0 saturated heterocycles. The minimum absolute atomic E-state index is 0.0520. The standard InChI is InChI=1S/C26H30N2O5/c29-24(27-14-18(25(30)31)13-17-7-1-2-8-17)15-28-26(32)33-16-23-21-11-5-3-9-19(21)20-10-4-6-12-22(20)23/h3-6,9-12,17-18,23H,1-2,7-8,13-16H2,(H,27,29)(H,28,32)(H,30,31). The number of hydrogen-bond donors (Lipinski definition) is 3.